The fourth-order valence-corrected chi connectivity index (χ4v) is 4.32. The van der Waals surface area contributed by atoms with E-state index in [0.717, 1.165) is 12.5 Å². The van der Waals surface area contributed by atoms with Gasteiger partial charge in [0.25, 0.3) is 0 Å². The van der Waals surface area contributed by atoms with Crippen LogP contribution in [-0.2, 0) is 47.5 Å². The SMILES string of the molecule is CC(C)[C@H](NC(=O)CCc1ccccc1)C(=O)N[C@@H](C)C(=O)NC(CC(=O)O)C(=O)COC(=O)c1c(C(F)(F)F)cccc1C(F)(F)F. The van der Waals surface area contributed by atoms with Gasteiger partial charge in [0, 0.05) is 6.42 Å². The summed E-state index contributed by atoms with van der Waals surface area (Å²) in [5, 5.41) is 16.1. The Hall–Kier alpha value is -4.96. The Balaban J connectivity index is 2.09. The number of benzene rings is 2. The number of esters is 1. The Labute approximate surface area is 270 Å². The van der Waals surface area contributed by atoms with Gasteiger partial charge in [-0.05, 0) is 37.0 Å². The van der Waals surface area contributed by atoms with Crippen LogP contribution in [0.2, 0.25) is 0 Å². The summed E-state index contributed by atoms with van der Waals surface area (Å²) in [6.45, 7) is 2.91. The smallest absolute Gasteiger partial charge is 0.417 e. The third-order valence-electron chi connectivity index (χ3n) is 6.81. The van der Waals surface area contributed by atoms with Crippen molar-refractivity contribution >= 4 is 35.4 Å². The van der Waals surface area contributed by atoms with Crippen LogP contribution in [0.3, 0.4) is 0 Å². The van der Waals surface area contributed by atoms with Crippen molar-refractivity contribution in [1.82, 2.24) is 16.0 Å². The lowest BCUT2D eigenvalue weighted by atomic mass is 10.00. The van der Waals surface area contributed by atoms with Gasteiger partial charge in [0.1, 0.15) is 18.1 Å². The normalized spacial score (nSPS) is 13.5. The van der Waals surface area contributed by atoms with E-state index in [9.17, 15) is 60.2 Å². The van der Waals surface area contributed by atoms with E-state index < -0.39 is 102 Å². The number of carbonyl (C=O) groups is 6. The molecule has 0 saturated heterocycles. The van der Waals surface area contributed by atoms with Crippen LogP contribution in [-0.4, -0.2) is 65.3 Å². The number of ether oxygens (including phenoxy) is 1. The molecule has 2 aromatic carbocycles. The second-order valence-electron chi connectivity index (χ2n) is 10.9. The van der Waals surface area contributed by atoms with Gasteiger partial charge in [-0.25, -0.2) is 4.79 Å². The molecule has 0 aliphatic heterocycles. The number of ketones is 1. The van der Waals surface area contributed by atoms with Crippen molar-refractivity contribution in [2.75, 3.05) is 6.61 Å². The molecule has 0 aromatic heterocycles. The second kappa shape index (κ2) is 16.7. The number of hydrogen-bond acceptors (Lipinski definition) is 7. The summed E-state index contributed by atoms with van der Waals surface area (Å²) in [6, 6.07) is 5.40. The van der Waals surface area contributed by atoms with Crippen molar-refractivity contribution in [3.63, 3.8) is 0 Å². The van der Waals surface area contributed by atoms with Gasteiger partial charge in [-0.2, -0.15) is 26.3 Å². The van der Waals surface area contributed by atoms with E-state index >= 15 is 0 Å². The van der Waals surface area contributed by atoms with Crippen LogP contribution in [0.15, 0.2) is 48.5 Å². The standard InChI is InChI=1S/C31H33F6N3O8/c1-16(2)26(40-23(42)13-12-18-8-5-4-6-9-18)28(46)38-17(3)27(45)39-21(14-24(43)44)22(41)15-48-29(47)25-19(30(32,33)34)10-7-11-20(25)31(35,36)37/h4-11,16-17,21,26H,12-15H2,1-3H3,(H,38,46)(H,39,45)(H,40,42)(H,43,44)/t17-,21?,26-/m0/s1. The van der Waals surface area contributed by atoms with Crippen molar-refractivity contribution in [1.29, 1.82) is 0 Å². The van der Waals surface area contributed by atoms with Crippen LogP contribution in [0.25, 0.3) is 0 Å². The van der Waals surface area contributed by atoms with Crippen LogP contribution < -0.4 is 16.0 Å². The zero-order valence-electron chi connectivity index (χ0n) is 25.8. The Bertz CT molecular complexity index is 1460. The summed E-state index contributed by atoms with van der Waals surface area (Å²) in [7, 11) is 0. The number of nitrogens with one attached hydrogen (secondary N) is 3. The molecule has 3 amide bonds. The molecule has 0 aliphatic rings. The lowest BCUT2D eigenvalue weighted by Gasteiger charge is -2.25. The zero-order valence-corrected chi connectivity index (χ0v) is 25.8. The molecule has 2 aromatic rings. The average Bonchev–Trinajstić information content (AvgIpc) is 2.99. The molecule has 0 radical (unpaired) electrons. The number of rotatable bonds is 15. The van der Waals surface area contributed by atoms with Gasteiger partial charge in [-0.1, -0.05) is 50.2 Å². The van der Waals surface area contributed by atoms with Gasteiger partial charge in [-0.3, -0.25) is 24.0 Å². The average molecular weight is 690 g/mol. The van der Waals surface area contributed by atoms with Gasteiger partial charge < -0.3 is 25.8 Å². The molecule has 2 rings (SSSR count). The van der Waals surface area contributed by atoms with Crippen molar-refractivity contribution in [2.45, 2.75) is 70.5 Å². The molecule has 0 fully saturated rings. The van der Waals surface area contributed by atoms with E-state index in [1.807, 2.05) is 23.5 Å². The molecule has 1 unspecified atom stereocenters. The Kier molecular flexibility index (Phi) is 13.7. The Morgan fingerprint density at radius 2 is 1.33 bits per heavy atom. The number of Topliss-reactive ketones (excluding diaryl/α,β-unsaturated/α-hetero) is 1. The molecule has 0 heterocycles. The minimum atomic E-state index is -5.42. The van der Waals surface area contributed by atoms with Crippen molar-refractivity contribution in [2.24, 2.45) is 5.92 Å². The van der Waals surface area contributed by atoms with Gasteiger partial charge >= 0.3 is 24.3 Å². The Morgan fingerprint density at radius 3 is 1.83 bits per heavy atom. The predicted octanol–water partition coefficient (Wildman–Crippen LogP) is 3.69. The van der Waals surface area contributed by atoms with Crippen LogP contribution in [0, 0.1) is 5.92 Å². The predicted molar refractivity (Wildman–Crippen MR) is 155 cm³/mol. The molecule has 0 saturated carbocycles. The molecule has 3 atom stereocenters. The summed E-state index contributed by atoms with van der Waals surface area (Å²) in [6.07, 6.45) is -11.5. The van der Waals surface area contributed by atoms with E-state index in [1.54, 1.807) is 26.0 Å². The highest BCUT2D eigenvalue weighted by Crippen LogP contribution is 2.39. The first-order chi connectivity index (χ1) is 22.2. The zero-order chi connectivity index (χ0) is 36.4. The first-order valence-electron chi connectivity index (χ1n) is 14.3. The van der Waals surface area contributed by atoms with E-state index in [1.165, 1.54) is 0 Å². The van der Waals surface area contributed by atoms with Crippen LogP contribution >= 0.6 is 0 Å². The molecule has 4 N–H and O–H groups in total. The third-order valence-corrected chi connectivity index (χ3v) is 6.81. The molecule has 0 aliphatic carbocycles. The van der Waals surface area contributed by atoms with Crippen LogP contribution in [0.5, 0.6) is 0 Å². The molecule has 17 heteroatoms. The first-order valence-corrected chi connectivity index (χ1v) is 14.3. The number of aryl methyl sites for hydroxylation is 1. The molecule has 48 heavy (non-hydrogen) atoms. The quantitative estimate of drug-likeness (QED) is 0.162. The summed E-state index contributed by atoms with van der Waals surface area (Å²) in [5.41, 5.74) is -4.99. The number of hydrogen-bond donors (Lipinski definition) is 4. The maximum absolute atomic E-state index is 13.4. The molecule has 0 bridgehead atoms. The fraction of sp³-hybridized carbons (Fsp3) is 0.419. The Morgan fingerprint density at radius 1 is 0.771 bits per heavy atom. The summed E-state index contributed by atoms with van der Waals surface area (Å²) in [5.74, 6) is -8.02. The minimum absolute atomic E-state index is 0.0550. The van der Waals surface area contributed by atoms with Gasteiger partial charge in [0.05, 0.1) is 23.1 Å². The maximum atomic E-state index is 13.4. The number of alkyl halides is 6. The number of halogens is 6. The van der Waals surface area contributed by atoms with Gasteiger partial charge in [-0.15, -0.1) is 0 Å². The second-order valence-corrected chi connectivity index (χ2v) is 10.9. The van der Waals surface area contributed by atoms with E-state index in [4.69, 9.17) is 0 Å². The highest BCUT2D eigenvalue weighted by atomic mass is 19.4. The number of carboxylic acid groups (broad SMARTS) is 1. The summed E-state index contributed by atoms with van der Waals surface area (Å²) >= 11 is 0. The van der Waals surface area contributed by atoms with Crippen LogP contribution in [0.1, 0.15) is 60.7 Å². The van der Waals surface area contributed by atoms with Crippen molar-refractivity contribution < 1.29 is 65.0 Å². The van der Waals surface area contributed by atoms with Crippen molar-refractivity contribution in [3.8, 4) is 0 Å². The van der Waals surface area contributed by atoms with Crippen LogP contribution in [0.4, 0.5) is 26.3 Å². The lowest BCUT2D eigenvalue weighted by Crippen LogP contribution is -2.56. The highest BCUT2D eigenvalue weighted by Gasteiger charge is 2.43. The lowest BCUT2D eigenvalue weighted by molar-refractivity contribution is -0.144. The fourth-order valence-electron chi connectivity index (χ4n) is 4.32. The largest absolute Gasteiger partial charge is 0.481 e. The number of aliphatic carboxylic acids is 1. The summed E-state index contributed by atoms with van der Waals surface area (Å²) in [4.78, 5) is 74.7. The maximum Gasteiger partial charge on any atom is 0.417 e. The molecular formula is C31H33F6N3O8. The highest BCUT2D eigenvalue weighted by molar-refractivity contribution is 5.98. The minimum Gasteiger partial charge on any atom is -0.481 e. The molecule has 262 valence electrons. The van der Waals surface area contributed by atoms with Gasteiger partial charge in [0.2, 0.25) is 17.7 Å². The van der Waals surface area contributed by atoms with E-state index in [-0.39, 0.29) is 18.6 Å². The first kappa shape index (κ1) is 39.2. The summed E-state index contributed by atoms with van der Waals surface area (Å²) < 4.78 is 84.9. The molecular weight excluding hydrogens is 656 g/mol. The number of carboxylic acids is 1. The molecule has 0 spiro atoms. The third kappa shape index (κ3) is 11.7. The van der Waals surface area contributed by atoms with Gasteiger partial charge in [0.15, 0.2) is 12.4 Å². The topological polar surface area (TPSA) is 168 Å². The monoisotopic (exact) mass is 689 g/mol. The number of carbonyl (C=O) groups excluding carboxylic acids is 5. The number of amides is 3. The molecule has 11 nitrogen and oxygen atoms in total. The van der Waals surface area contributed by atoms with E-state index in [0.29, 0.717) is 12.5 Å². The van der Waals surface area contributed by atoms with E-state index in [2.05, 4.69) is 15.4 Å². The van der Waals surface area contributed by atoms with Crippen molar-refractivity contribution in [3.05, 3.63) is 70.8 Å².